The Hall–Kier alpha value is -3.03. The summed E-state index contributed by atoms with van der Waals surface area (Å²) >= 11 is 0. The molecule has 1 fully saturated rings. The number of carbonyl (C=O) groups excluding carboxylic acids is 1. The highest BCUT2D eigenvalue weighted by molar-refractivity contribution is 5.88. The average Bonchev–Trinajstić information content (AvgIpc) is 2.77. The first kappa shape index (κ1) is 19.3. The van der Waals surface area contributed by atoms with Gasteiger partial charge in [-0.05, 0) is 11.6 Å². The summed E-state index contributed by atoms with van der Waals surface area (Å²) in [6, 6.07) is 17.5. The first-order valence-electron chi connectivity index (χ1n) is 9.82. The fourth-order valence-corrected chi connectivity index (χ4v) is 3.75. The second-order valence-corrected chi connectivity index (χ2v) is 7.10. The molecule has 1 saturated heterocycles. The Balaban J connectivity index is 1.47. The number of hydrogen-bond donors (Lipinski definition) is 2. The lowest BCUT2D eigenvalue weighted by molar-refractivity contribution is -0.120. The molecule has 0 saturated carbocycles. The number of hydrogen-bond acceptors (Lipinski definition) is 5. The van der Waals surface area contributed by atoms with Crippen molar-refractivity contribution >= 4 is 16.7 Å². The Morgan fingerprint density at radius 2 is 1.76 bits per heavy atom. The zero-order valence-corrected chi connectivity index (χ0v) is 16.1. The molecule has 7 heteroatoms. The van der Waals surface area contributed by atoms with E-state index in [1.54, 1.807) is 12.1 Å². The van der Waals surface area contributed by atoms with E-state index in [0.717, 1.165) is 13.1 Å². The summed E-state index contributed by atoms with van der Waals surface area (Å²) < 4.78 is 5.47. The van der Waals surface area contributed by atoms with Crippen molar-refractivity contribution in [1.29, 1.82) is 0 Å². The van der Waals surface area contributed by atoms with Crippen LogP contribution in [-0.4, -0.2) is 53.9 Å². The molecule has 3 aromatic rings. The van der Waals surface area contributed by atoms with Gasteiger partial charge in [0.1, 0.15) is 0 Å². The van der Waals surface area contributed by atoms with Crippen LogP contribution in [0.2, 0.25) is 0 Å². The zero-order chi connectivity index (χ0) is 20.1. The minimum absolute atomic E-state index is 0.0873. The number of fused-ring (bicyclic) bond motifs is 1. The molecule has 1 atom stereocenters. The smallest absolute Gasteiger partial charge is 0.272 e. The number of H-pyrrole nitrogens is 1. The Bertz CT molecular complexity index is 1030. The van der Waals surface area contributed by atoms with Gasteiger partial charge in [0.25, 0.3) is 5.56 Å². The van der Waals surface area contributed by atoms with Gasteiger partial charge in [-0.25, -0.2) is 5.10 Å². The van der Waals surface area contributed by atoms with Gasteiger partial charge < -0.3 is 10.1 Å². The zero-order valence-electron chi connectivity index (χ0n) is 16.1. The van der Waals surface area contributed by atoms with E-state index in [-0.39, 0.29) is 23.9 Å². The predicted octanol–water partition coefficient (Wildman–Crippen LogP) is 1.66. The Morgan fingerprint density at radius 3 is 2.52 bits per heavy atom. The maximum Gasteiger partial charge on any atom is 0.272 e. The highest BCUT2D eigenvalue weighted by Crippen LogP contribution is 2.21. The highest BCUT2D eigenvalue weighted by Gasteiger charge is 2.23. The topological polar surface area (TPSA) is 87.3 Å². The molecule has 2 heterocycles. The SMILES string of the molecule is O=C(Cc1n[nH]c(=O)c2ccccc12)NCC(c1ccccc1)N1CCOCC1. The maximum atomic E-state index is 12.7. The molecule has 1 aromatic heterocycles. The van der Waals surface area contributed by atoms with E-state index >= 15 is 0 Å². The third-order valence-corrected chi connectivity index (χ3v) is 5.27. The largest absolute Gasteiger partial charge is 0.379 e. The maximum absolute atomic E-state index is 12.7. The molecule has 0 bridgehead atoms. The van der Waals surface area contributed by atoms with Crippen molar-refractivity contribution in [2.24, 2.45) is 0 Å². The van der Waals surface area contributed by atoms with Crippen LogP contribution in [-0.2, 0) is 16.0 Å². The summed E-state index contributed by atoms with van der Waals surface area (Å²) in [5.74, 6) is -0.121. The van der Waals surface area contributed by atoms with Crippen LogP contribution in [0.5, 0.6) is 0 Å². The van der Waals surface area contributed by atoms with Crippen LogP contribution < -0.4 is 10.9 Å². The summed E-state index contributed by atoms with van der Waals surface area (Å²) in [4.78, 5) is 26.9. The van der Waals surface area contributed by atoms with Crippen molar-refractivity contribution in [2.45, 2.75) is 12.5 Å². The Morgan fingerprint density at radius 1 is 1.07 bits per heavy atom. The lowest BCUT2D eigenvalue weighted by atomic mass is 10.0. The van der Waals surface area contributed by atoms with Gasteiger partial charge in [0, 0.05) is 25.0 Å². The number of amides is 1. The van der Waals surface area contributed by atoms with E-state index in [1.807, 2.05) is 30.3 Å². The lowest BCUT2D eigenvalue weighted by Gasteiger charge is -2.35. The van der Waals surface area contributed by atoms with Crippen LogP contribution in [0.15, 0.2) is 59.4 Å². The number of nitrogens with one attached hydrogen (secondary N) is 2. The molecule has 2 aromatic carbocycles. The second-order valence-electron chi connectivity index (χ2n) is 7.10. The van der Waals surface area contributed by atoms with E-state index in [2.05, 4.69) is 32.5 Å². The molecule has 1 aliphatic rings. The summed E-state index contributed by atoms with van der Waals surface area (Å²) in [6.45, 7) is 3.57. The van der Waals surface area contributed by atoms with Crippen LogP contribution in [0.1, 0.15) is 17.3 Å². The van der Waals surface area contributed by atoms with Gasteiger partial charge in [-0.2, -0.15) is 5.10 Å². The van der Waals surface area contributed by atoms with Crippen LogP contribution in [0.3, 0.4) is 0 Å². The molecule has 0 aliphatic carbocycles. The van der Waals surface area contributed by atoms with Gasteiger partial charge in [0.2, 0.25) is 5.91 Å². The molecule has 29 heavy (non-hydrogen) atoms. The first-order valence-corrected chi connectivity index (χ1v) is 9.82. The van der Waals surface area contributed by atoms with Gasteiger partial charge in [-0.15, -0.1) is 0 Å². The number of ether oxygens (including phenoxy) is 1. The minimum atomic E-state index is -0.249. The first-order chi connectivity index (χ1) is 14.2. The number of aromatic nitrogens is 2. The Kier molecular flexibility index (Phi) is 5.97. The molecule has 4 rings (SSSR count). The van der Waals surface area contributed by atoms with Crippen LogP contribution in [0.25, 0.3) is 10.8 Å². The van der Waals surface area contributed by atoms with Gasteiger partial charge in [0.15, 0.2) is 0 Å². The van der Waals surface area contributed by atoms with Crippen molar-refractivity contribution in [3.8, 4) is 0 Å². The summed E-state index contributed by atoms with van der Waals surface area (Å²) in [5, 5.41) is 10.9. The molecule has 2 N–H and O–H groups in total. The van der Waals surface area contributed by atoms with Gasteiger partial charge in [-0.3, -0.25) is 14.5 Å². The molecule has 1 unspecified atom stereocenters. The van der Waals surface area contributed by atoms with Gasteiger partial charge >= 0.3 is 0 Å². The van der Waals surface area contributed by atoms with Gasteiger partial charge in [0.05, 0.1) is 36.8 Å². The molecular weight excluding hydrogens is 368 g/mol. The number of carbonyl (C=O) groups is 1. The van der Waals surface area contributed by atoms with Crippen LogP contribution in [0.4, 0.5) is 0 Å². The van der Waals surface area contributed by atoms with E-state index in [0.29, 0.717) is 36.2 Å². The lowest BCUT2D eigenvalue weighted by Crippen LogP contribution is -2.44. The van der Waals surface area contributed by atoms with E-state index in [1.165, 1.54) is 5.56 Å². The predicted molar refractivity (Wildman–Crippen MR) is 111 cm³/mol. The van der Waals surface area contributed by atoms with E-state index in [9.17, 15) is 9.59 Å². The number of benzene rings is 2. The third kappa shape index (κ3) is 4.52. The monoisotopic (exact) mass is 392 g/mol. The molecule has 7 nitrogen and oxygen atoms in total. The van der Waals surface area contributed by atoms with Crippen molar-refractivity contribution < 1.29 is 9.53 Å². The van der Waals surface area contributed by atoms with E-state index < -0.39 is 0 Å². The molecule has 1 aliphatic heterocycles. The standard InChI is InChI=1S/C22H24N4O3/c27-21(14-19-17-8-4-5-9-18(17)22(28)25-24-19)23-15-20(16-6-2-1-3-7-16)26-10-12-29-13-11-26/h1-9,20H,10-15H2,(H,23,27)(H,25,28). The quantitative estimate of drug-likeness (QED) is 0.666. The number of rotatable bonds is 6. The van der Waals surface area contributed by atoms with Crippen molar-refractivity contribution in [2.75, 3.05) is 32.8 Å². The van der Waals surface area contributed by atoms with E-state index in [4.69, 9.17) is 4.74 Å². The van der Waals surface area contributed by atoms with Gasteiger partial charge in [-0.1, -0.05) is 48.5 Å². The normalized spacial score (nSPS) is 15.9. The third-order valence-electron chi connectivity index (χ3n) is 5.27. The Labute approximate surface area is 168 Å². The number of morpholine rings is 1. The van der Waals surface area contributed by atoms with Crippen LogP contribution >= 0.6 is 0 Å². The molecule has 0 radical (unpaired) electrons. The molecular formula is C22H24N4O3. The minimum Gasteiger partial charge on any atom is -0.379 e. The summed E-state index contributed by atoms with van der Waals surface area (Å²) in [7, 11) is 0. The number of aromatic amines is 1. The number of nitrogens with zero attached hydrogens (tertiary/aromatic N) is 2. The molecule has 0 spiro atoms. The summed E-state index contributed by atoms with van der Waals surface area (Å²) in [6.07, 6.45) is 0.113. The van der Waals surface area contributed by atoms with Crippen LogP contribution in [0, 0.1) is 0 Å². The van der Waals surface area contributed by atoms with Crippen molar-refractivity contribution in [3.63, 3.8) is 0 Å². The van der Waals surface area contributed by atoms with Crippen molar-refractivity contribution in [3.05, 3.63) is 76.2 Å². The molecule has 150 valence electrons. The summed E-state index contributed by atoms with van der Waals surface area (Å²) in [5.41, 5.74) is 1.49. The average molecular weight is 392 g/mol. The fourth-order valence-electron chi connectivity index (χ4n) is 3.75. The van der Waals surface area contributed by atoms with Crippen molar-refractivity contribution in [1.82, 2.24) is 20.4 Å². The molecule has 1 amide bonds. The fraction of sp³-hybridized carbons (Fsp3) is 0.318. The highest BCUT2D eigenvalue weighted by atomic mass is 16.5. The second kappa shape index (κ2) is 8.98.